The second kappa shape index (κ2) is 3.85. The molecular formula is C9H12N2O. The number of aromatic nitrogens is 2. The molecule has 1 rings (SSSR count). The highest BCUT2D eigenvalue weighted by Crippen LogP contribution is 2.00. The summed E-state index contributed by atoms with van der Waals surface area (Å²) >= 11 is 0. The second-order valence-corrected chi connectivity index (χ2v) is 2.86. The monoisotopic (exact) mass is 164 g/mol. The van der Waals surface area contributed by atoms with Gasteiger partial charge in [-0.2, -0.15) is 0 Å². The number of carbonyl (C=O) groups is 1. The quantitative estimate of drug-likeness (QED) is 0.501. The van der Waals surface area contributed by atoms with Gasteiger partial charge in [-0.3, -0.25) is 4.79 Å². The SMILES string of the molecule is C=C(C)CCn1cnc(C=O)c1. The van der Waals surface area contributed by atoms with Crippen LogP contribution >= 0.6 is 0 Å². The Kier molecular flexibility index (Phi) is 2.80. The normalized spacial score (nSPS) is 9.75. The lowest BCUT2D eigenvalue weighted by atomic mass is 10.2. The van der Waals surface area contributed by atoms with E-state index in [2.05, 4.69) is 11.6 Å². The number of carbonyl (C=O) groups excluding carboxylic acids is 1. The van der Waals surface area contributed by atoms with E-state index in [4.69, 9.17) is 0 Å². The fourth-order valence-corrected chi connectivity index (χ4v) is 0.880. The summed E-state index contributed by atoms with van der Waals surface area (Å²) in [5.41, 5.74) is 1.62. The molecule has 64 valence electrons. The first-order chi connectivity index (χ1) is 5.72. The van der Waals surface area contributed by atoms with Crippen molar-refractivity contribution in [3.05, 3.63) is 30.4 Å². The van der Waals surface area contributed by atoms with E-state index in [0.29, 0.717) is 5.69 Å². The molecular weight excluding hydrogens is 152 g/mol. The Morgan fingerprint density at radius 3 is 3.08 bits per heavy atom. The molecule has 3 nitrogen and oxygen atoms in total. The van der Waals surface area contributed by atoms with Gasteiger partial charge < -0.3 is 4.57 Å². The van der Waals surface area contributed by atoms with Crippen LogP contribution in [0.25, 0.3) is 0 Å². The van der Waals surface area contributed by atoms with Crippen molar-refractivity contribution < 1.29 is 4.79 Å². The third-order valence-electron chi connectivity index (χ3n) is 1.57. The smallest absolute Gasteiger partial charge is 0.169 e. The van der Waals surface area contributed by atoms with E-state index < -0.39 is 0 Å². The summed E-state index contributed by atoms with van der Waals surface area (Å²) in [4.78, 5) is 14.1. The van der Waals surface area contributed by atoms with Crippen LogP contribution in [0.5, 0.6) is 0 Å². The topological polar surface area (TPSA) is 34.9 Å². The average molecular weight is 164 g/mol. The summed E-state index contributed by atoms with van der Waals surface area (Å²) in [5.74, 6) is 0. The standard InChI is InChI=1S/C9H12N2O/c1-8(2)3-4-11-5-9(6-12)10-7-11/h5-7H,1,3-4H2,2H3. The van der Waals surface area contributed by atoms with Crippen LogP contribution < -0.4 is 0 Å². The van der Waals surface area contributed by atoms with E-state index in [0.717, 1.165) is 24.8 Å². The van der Waals surface area contributed by atoms with Crippen molar-refractivity contribution >= 4 is 6.29 Å². The van der Waals surface area contributed by atoms with Crippen molar-refractivity contribution in [1.82, 2.24) is 9.55 Å². The van der Waals surface area contributed by atoms with E-state index in [1.807, 2.05) is 11.5 Å². The van der Waals surface area contributed by atoms with Gasteiger partial charge in [0.2, 0.25) is 0 Å². The molecule has 0 N–H and O–H groups in total. The molecule has 1 aromatic rings. The van der Waals surface area contributed by atoms with Crippen LogP contribution in [-0.4, -0.2) is 15.8 Å². The second-order valence-electron chi connectivity index (χ2n) is 2.86. The molecule has 0 saturated heterocycles. The summed E-state index contributed by atoms with van der Waals surface area (Å²) < 4.78 is 1.89. The van der Waals surface area contributed by atoms with Crippen LogP contribution in [0.4, 0.5) is 0 Å². The third-order valence-corrected chi connectivity index (χ3v) is 1.57. The van der Waals surface area contributed by atoms with Gasteiger partial charge in [-0.15, -0.1) is 6.58 Å². The maximum absolute atomic E-state index is 10.3. The molecule has 1 aromatic heterocycles. The molecule has 0 amide bonds. The van der Waals surface area contributed by atoms with E-state index in [1.165, 1.54) is 0 Å². The Morgan fingerprint density at radius 1 is 1.83 bits per heavy atom. The maximum Gasteiger partial charge on any atom is 0.169 e. The van der Waals surface area contributed by atoms with Crippen LogP contribution in [0, 0.1) is 0 Å². The molecule has 0 aliphatic carbocycles. The van der Waals surface area contributed by atoms with Crippen LogP contribution in [0.15, 0.2) is 24.7 Å². The number of nitrogens with zero attached hydrogens (tertiary/aromatic N) is 2. The highest BCUT2D eigenvalue weighted by atomic mass is 16.1. The molecule has 0 aromatic carbocycles. The first kappa shape index (κ1) is 8.71. The number of hydrogen-bond acceptors (Lipinski definition) is 2. The fourth-order valence-electron chi connectivity index (χ4n) is 0.880. The van der Waals surface area contributed by atoms with Gasteiger partial charge in [0.1, 0.15) is 5.69 Å². The van der Waals surface area contributed by atoms with Crippen LogP contribution in [0.1, 0.15) is 23.8 Å². The number of aldehydes is 1. The predicted octanol–water partition coefficient (Wildman–Crippen LogP) is 1.66. The molecule has 0 unspecified atom stereocenters. The molecule has 3 heteroatoms. The van der Waals surface area contributed by atoms with Gasteiger partial charge in [0.05, 0.1) is 6.33 Å². The van der Waals surface area contributed by atoms with E-state index >= 15 is 0 Å². The van der Waals surface area contributed by atoms with Gasteiger partial charge in [-0.25, -0.2) is 4.98 Å². The van der Waals surface area contributed by atoms with Crippen molar-refractivity contribution in [3.63, 3.8) is 0 Å². The lowest BCUT2D eigenvalue weighted by molar-refractivity contribution is 0.111. The molecule has 1 heterocycles. The minimum atomic E-state index is 0.483. The van der Waals surface area contributed by atoms with Crippen molar-refractivity contribution in [2.75, 3.05) is 0 Å². The third kappa shape index (κ3) is 2.34. The maximum atomic E-state index is 10.3. The largest absolute Gasteiger partial charge is 0.336 e. The van der Waals surface area contributed by atoms with Crippen LogP contribution in [-0.2, 0) is 6.54 Å². The van der Waals surface area contributed by atoms with E-state index in [-0.39, 0.29) is 0 Å². The van der Waals surface area contributed by atoms with Crippen molar-refractivity contribution in [2.24, 2.45) is 0 Å². The number of rotatable bonds is 4. The Bertz CT molecular complexity index is 288. The Morgan fingerprint density at radius 2 is 2.58 bits per heavy atom. The van der Waals surface area contributed by atoms with Gasteiger partial charge in [0.15, 0.2) is 6.29 Å². The molecule has 0 fully saturated rings. The number of imidazole rings is 1. The summed E-state index contributed by atoms with van der Waals surface area (Å²) in [6, 6.07) is 0. The summed E-state index contributed by atoms with van der Waals surface area (Å²) in [7, 11) is 0. The Hall–Kier alpha value is -1.38. The van der Waals surface area contributed by atoms with Crippen molar-refractivity contribution in [3.8, 4) is 0 Å². The summed E-state index contributed by atoms with van der Waals surface area (Å²) in [6.07, 6.45) is 5.06. The Labute approximate surface area is 71.7 Å². The van der Waals surface area contributed by atoms with Gasteiger partial charge >= 0.3 is 0 Å². The van der Waals surface area contributed by atoms with Crippen molar-refractivity contribution in [1.29, 1.82) is 0 Å². The zero-order chi connectivity index (χ0) is 8.97. The van der Waals surface area contributed by atoms with Crippen LogP contribution in [0.3, 0.4) is 0 Å². The van der Waals surface area contributed by atoms with E-state index in [9.17, 15) is 4.79 Å². The highest BCUT2D eigenvalue weighted by molar-refractivity contribution is 5.70. The van der Waals surface area contributed by atoms with Gasteiger partial charge in [0, 0.05) is 12.7 Å². The molecule has 0 spiro atoms. The minimum absolute atomic E-state index is 0.483. The molecule has 0 bridgehead atoms. The molecule has 0 saturated carbocycles. The number of aryl methyl sites for hydroxylation is 1. The first-order valence-corrected chi connectivity index (χ1v) is 3.83. The zero-order valence-corrected chi connectivity index (χ0v) is 7.16. The van der Waals surface area contributed by atoms with Gasteiger partial charge in [-0.1, -0.05) is 5.57 Å². The molecule has 0 radical (unpaired) electrons. The Balaban J connectivity index is 2.52. The lowest BCUT2D eigenvalue weighted by Gasteiger charge is -1.99. The lowest BCUT2D eigenvalue weighted by Crippen LogP contribution is -1.94. The number of hydrogen-bond donors (Lipinski definition) is 0. The van der Waals surface area contributed by atoms with Crippen LogP contribution in [0.2, 0.25) is 0 Å². The first-order valence-electron chi connectivity index (χ1n) is 3.83. The van der Waals surface area contributed by atoms with Crippen molar-refractivity contribution in [2.45, 2.75) is 19.9 Å². The van der Waals surface area contributed by atoms with Gasteiger partial charge in [-0.05, 0) is 13.3 Å². The average Bonchev–Trinajstić information content (AvgIpc) is 2.48. The molecule has 12 heavy (non-hydrogen) atoms. The van der Waals surface area contributed by atoms with E-state index in [1.54, 1.807) is 12.5 Å². The van der Waals surface area contributed by atoms with Gasteiger partial charge in [0.25, 0.3) is 0 Å². The summed E-state index contributed by atoms with van der Waals surface area (Å²) in [5, 5.41) is 0. The molecule has 0 aliphatic heterocycles. The fraction of sp³-hybridized carbons (Fsp3) is 0.333. The predicted molar refractivity (Wildman–Crippen MR) is 47.0 cm³/mol. The minimum Gasteiger partial charge on any atom is -0.336 e. The molecule has 0 aliphatic rings. The molecule has 0 atom stereocenters. The number of allylic oxidation sites excluding steroid dienone is 1. The highest BCUT2D eigenvalue weighted by Gasteiger charge is 1.95. The zero-order valence-electron chi connectivity index (χ0n) is 7.16. The summed E-state index contributed by atoms with van der Waals surface area (Å²) in [6.45, 7) is 6.62.